The molecular formula is C18H18O5. The number of rotatable bonds is 5. The van der Waals surface area contributed by atoms with Gasteiger partial charge in [0.2, 0.25) is 5.75 Å². The zero-order valence-electron chi connectivity index (χ0n) is 13.5. The van der Waals surface area contributed by atoms with Crippen molar-refractivity contribution < 1.29 is 23.4 Å². The van der Waals surface area contributed by atoms with Crippen molar-refractivity contribution in [2.75, 3.05) is 28.4 Å². The molecule has 0 N–H and O–H groups in total. The van der Waals surface area contributed by atoms with Crippen molar-refractivity contribution in [3.8, 4) is 34.3 Å². The van der Waals surface area contributed by atoms with E-state index in [1.54, 1.807) is 34.5 Å². The predicted molar refractivity (Wildman–Crippen MR) is 87.9 cm³/mol. The molecule has 0 saturated carbocycles. The molecule has 23 heavy (non-hydrogen) atoms. The van der Waals surface area contributed by atoms with Crippen LogP contribution in [0.4, 0.5) is 0 Å². The van der Waals surface area contributed by atoms with Gasteiger partial charge in [-0.05, 0) is 30.3 Å². The molecule has 120 valence electrons. The molecule has 0 amide bonds. The molecule has 0 atom stereocenters. The molecule has 3 rings (SSSR count). The summed E-state index contributed by atoms with van der Waals surface area (Å²) in [6.45, 7) is 0. The van der Waals surface area contributed by atoms with Crippen molar-refractivity contribution in [2.24, 2.45) is 0 Å². The molecule has 3 aromatic rings. The fourth-order valence-corrected chi connectivity index (χ4v) is 2.55. The number of hydrogen-bond donors (Lipinski definition) is 0. The van der Waals surface area contributed by atoms with Gasteiger partial charge in [-0.2, -0.15) is 0 Å². The van der Waals surface area contributed by atoms with E-state index in [0.717, 1.165) is 22.5 Å². The highest BCUT2D eigenvalue weighted by molar-refractivity contribution is 5.92. The smallest absolute Gasteiger partial charge is 0.204 e. The molecule has 2 aromatic carbocycles. The number of fused-ring (bicyclic) bond motifs is 1. The van der Waals surface area contributed by atoms with Gasteiger partial charge in [-0.1, -0.05) is 0 Å². The maximum Gasteiger partial charge on any atom is 0.204 e. The van der Waals surface area contributed by atoms with E-state index in [0.29, 0.717) is 22.8 Å². The summed E-state index contributed by atoms with van der Waals surface area (Å²) in [6.07, 6.45) is 0. The first-order valence-electron chi connectivity index (χ1n) is 7.08. The van der Waals surface area contributed by atoms with E-state index in [1.165, 1.54) is 0 Å². The highest BCUT2D eigenvalue weighted by Gasteiger charge is 2.19. The molecular weight excluding hydrogens is 296 g/mol. The van der Waals surface area contributed by atoms with Crippen LogP contribution in [0.1, 0.15) is 0 Å². The molecule has 5 nitrogen and oxygen atoms in total. The largest absolute Gasteiger partial charge is 0.497 e. The van der Waals surface area contributed by atoms with Gasteiger partial charge in [0.15, 0.2) is 11.5 Å². The van der Waals surface area contributed by atoms with Crippen LogP contribution in [-0.2, 0) is 0 Å². The second kappa shape index (κ2) is 6.12. The summed E-state index contributed by atoms with van der Waals surface area (Å²) in [4.78, 5) is 0. The Morgan fingerprint density at radius 2 is 1.43 bits per heavy atom. The molecule has 0 aliphatic heterocycles. The maximum absolute atomic E-state index is 5.96. The van der Waals surface area contributed by atoms with Crippen molar-refractivity contribution in [1.82, 2.24) is 0 Å². The summed E-state index contributed by atoms with van der Waals surface area (Å²) >= 11 is 0. The first-order chi connectivity index (χ1) is 11.2. The third-order valence-electron chi connectivity index (χ3n) is 3.70. The molecule has 0 radical (unpaired) electrons. The molecule has 1 heterocycles. The molecule has 0 fully saturated rings. The summed E-state index contributed by atoms with van der Waals surface area (Å²) < 4.78 is 27.4. The first-order valence-corrected chi connectivity index (χ1v) is 7.08. The van der Waals surface area contributed by atoms with Crippen molar-refractivity contribution >= 4 is 11.0 Å². The standard InChI is InChI=1S/C18H18O5/c1-19-12-7-5-11(6-8-12)14-9-13-15(23-14)10-16(20-2)18(22-4)17(13)21-3/h5-10H,1-4H3. The molecule has 5 heteroatoms. The number of furan rings is 1. The van der Waals surface area contributed by atoms with Gasteiger partial charge in [0, 0.05) is 11.6 Å². The minimum atomic E-state index is 0.546. The lowest BCUT2D eigenvalue weighted by atomic mass is 10.1. The third kappa shape index (κ3) is 2.54. The van der Waals surface area contributed by atoms with E-state index in [-0.39, 0.29) is 0 Å². The van der Waals surface area contributed by atoms with E-state index in [2.05, 4.69) is 0 Å². The summed E-state index contributed by atoms with van der Waals surface area (Å²) in [6, 6.07) is 11.4. The van der Waals surface area contributed by atoms with Crippen LogP contribution >= 0.6 is 0 Å². The number of methoxy groups -OCH3 is 4. The van der Waals surface area contributed by atoms with Crippen LogP contribution in [0.5, 0.6) is 23.0 Å². The number of benzene rings is 2. The van der Waals surface area contributed by atoms with Gasteiger partial charge in [-0.25, -0.2) is 0 Å². The van der Waals surface area contributed by atoms with Gasteiger partial charge in [0.25, 0.3) is 0 Å². The summed E-state index contributed by atoms with van der Waals surface area (Å²) in [7, 11) is 6.39. The second-order valence-corrected chi connectivity index (χ2v) is 4.90. The number of ether oxygens (including phenoxy) is 4. The minimum Gasteiger partial charge on any atom is -0.497 e. The first kappa shape index (κ1) is 15.1. The Labute approximate surface area is 134 Å². The Morgan fingerprint density at radius 1 is 0.739 bits per heavy atom. The van der Waals surface area contributed by atoms with Crippen LogP contribution in [-0.4, -0.2) is 28.4 Å². The highest BCUT2D eigenvalue weighted by Crippen LogP contribution is 2.45. The molecule has 0 aliphatic rings. The lowest BCUT2D eigenvalue weighted by Gasteiger charge is -2.12. The van der Waals surface area contributed by atoms with Crippen LogP contribution in [0.3, 0.4) is 0 Å². The molecule has 0 spiro atoms. The van der Waals surface area contributed by atoms with E-state index in [4.69, 9.17) is 23.4 Å². The van der Waals surface area contributed by atoms with Gasteiger partial charge in [0.1, 0.15) is 17.1 Å². The zero-order chi connectivity index (χ0) is 16.4. The van der Waals surface area contributed by atoms with Crippen LogP contribution in [0.15, 0.2) is 40.8 Å². The van der Waals surface area contributed by atoms with Crippen LogP contribution in [0.25, 0.3) is 22.3 Å². The summed E-state index contributed by atoms with van der Waals surface area (Å²) in [5.41, 5.74) is 1.62. The number of hydrogen-bond acceptors (Lipinski definition) is 5. The quantitative estimate of drug-likeness (QED) is 0.708. The zero-order valence-corrected chi connectivity index (χ0v) is 13.5. The average molecular weight is 314 g/mol. The van der Waals surface area contributed by atoms with Gasteiger partial charge < -0.3 is 23.4 Å². The van der Waals surface area contributed by atoms with Crippen molar-refractivity contribution in [2.45, 2.75) is 0 Å². The van der Waals surface area contributed by atoms with Gasteiger partial charge in [-0.15, -0.1) is 0 Å². The average Bonchev–Trinajstić information content (AvgIpc) is 3.03. The summed E-state index contributed by atoms with van der Waals surface area (Å²) in [5.74, 6) is 3.23. The Bertz CT molecular complexity index is 818. The van der Waals surface area contributed by atoms with Crippen LogP contribution in [0.2, 0.25) is 0 Å². The van der Waals surface area contributed by atoms with Crippen molar-refractivity contribution in [1.29, 1.82) is 0 Å². The maximum atomic E-state index is 5.96. The topological polar surface area (TPSA) is 50.1 Å². The van der Waals surface area contributed by atoms with E-state index >= 15 is 0 Å². The highest BCUT2D eigenvalue weighted by atomic mass is 16.5. The molecule has 0 bridgehead atoms. The Hall–Kier alpha value is -2.82. The Balaban J connectivity index is 2.17. The van der Waals surface area contributed by atoms with E-state index in [1.807, 2.05) is 30.3 Å². The van der Waals surface area contributed by atoms with Crippen molar-refractivity contribution in [3.63, 3.8) is 0 Å². The summed E-state index contributed by atoms with van der Waals surface area (Å²) in [5, 5.41) is 0.830. The normalized spacial score (nSPS) is 10.6. The van der Waals surface area contributed by atoms with Gasteiger partial charge in [0.05, 0.1) is 33.8 Å². The fraction of sp³-hybridized carbons (Fsp3) is 0.222. The lowest BCUT2D eigenvalue weighted by Crippen LogP contribution is -1.94. The van der Waals surface area contributed by atoms with Gasteiger partial charge in [-0.3, -0.25) is 0 Å². The lowest BCUT2D eigenvalue weighted by molar-refractivity contribution is 0.327. The van der Waals surface area contributed by atoms with Crippen molar-refractivity contribution in [3.05, 3.63) is 36.4 Å². The van der Waals surface area contributed by atoms with Crippen LogP contribution in [0, 0.1) is 0 Å². The third-order valence-corrected chi connectivity index (χ3v) is 3.70. The molecule has 0 unspecified atom stereocenters. The SMILES string of the molecule is COc1ccc(-c2cc3c(OC)c(OC)c(OC)cc3o2)cc1. The van der Waals surface area contributed by atoms with E-state index < -0.39 is 0 Å². The Kier molecular flexibility index (Phi) is 4.02. The Morgan fingerprint density at radius 3 is 2.00 bits per heavy atom. The van der Waals surface area contributed by atoms with E-state index in [9.17, 15) is 0 Å². The molecule has 1 aromatic heterocycles. The molecule has 0 aliphatic carbocycles. The predicted octanol–water partition coefficient (Wildman–Crippen LogP) is 4.13. The fourth-order valence-electron chi connectivity index (χ4n) is 2.55. The van der Waals surface area contributed by atoms with Crippen LogP contribution < -0.4 is 18.9 Å². The van der Waals surface area contributed by atoms with Gasteiger partial charge >= 0.3 is 0 Å². The molecule has 0 saturated heterocycles. The monoisotopic (exact) mass is 314 g/mol. The second-order valence-electron chi connectivity index (χ2n) is 4.90. The minimum absolute atomic E-state index is 0.546.